The summed E-state index contributed by atoms with van der Waals surface area (Å²) in [6.07, 6.45) is 0. The Balaban J connectivity index is 1.89. The molecule has 0 saturated heterocycles. The van der Waals surface area contributed by atoms with Crippen molar-refractivity contribution >= 4 is 35.1 Å². The molecule has 0 bridgehead atoms. The van der Waals surface area contributed by atoms with Crippen molar-refractivity contribution < 1.29 is 13.6 Å². The number of rotatable bonds is 4. The number of hydrogen-bond donors (Lipinski definition) is 2. The molecule has 1 unspecified atom stereocenters. The first-order valence-corrected chi connectivity index (χ1v) is 8.23. The van der Waals surface area contributed by atoms with E-state index in [1.165, 1.54) is 17.4 Å². The molecule has 24 heavy (non-hydrogen) atoms. The van der Waals surface area contributed by atoms with Gasteiger partial charge in [-0.3, -0.25) is 14.5 Å². The largest absolute Gasteiger partial charge is 0.322 e. The molecule has 9 heteroatoms. The van der Waals surface area contributed by atoms with E-state index in [9.17, 15) is 13.6 Å². The molecule has 3 aromatic rings. The number of halogens is 2. The number of aromatic nitrogens is 3. The molecule has 2 aromatic heterocycles. The first-order chi connectivity index (χ1) is 11.5. The lowest BCUT2D eigenvalue weighted by Gasteiger charge is -2.15. The Labute approximate surface area is 145 Å². The lowest BCUT2D eigenvalue weighted by Crippen LogP contribution is -2.24. The average molecular weight is 366 g/mol. The summed E-state index contributed by atoms with van der Waals surface area (Å²) in [5, 5.41) is 11.1. The Morgan fingerprint density at radius 3 is 2.88 bits per heavy atom. The summed E-state index contributed by atoms with van der Waals surface area (Å²) >= 11 is 6.65. The molecule has 0 spiro atoms. The second-order valence-corrected chi connectivity index (χ2v) is 6.32. The molecule has 0 fully saturated rings. The minimum absolute atomic E-state index is 0.0964. The van der Waals surface area contributed by atoms with E-state index < -0.39 is 23.6 Å². The molecule has 1 amide bonds. The monoisotopic (exact) mass is 366 g/mol. The normalized spacial score (nSPS) is 12.1. The third kappa shape index (κ3) is 3.13. The molecule has 1 aromatic carbocycles. The molecule has 0 radical (unpaired) electrons. The zero-order valence-corrected chi connectivity index (χ0v) is 14.0. The molecule has 124 valence electrons. The lowest BCUT2D eigenvalue weighted by molar-refractivity contribution is -0.118. The predicted molar refractivity (Wildman–Crippen MR) is 90.4 cm³/mol. The number of hydrogen-bond acceptors (Lipinski definition) is 4. The molecule has 2 N–H and O–H groups in total. The van der Waals surface area contributed by atoms with E-state index in [4.69, 9.17) is 12.2 Å². The molecule has 2 heterocycles. The highest BCUT2D eigenvalue weighted by Gasteiger charge is 2.22. The van der Waals surface area contributed by atoms with Gasteiger partial charge in [-0.05, 0) is 42.7 Å². The summed E-state index contributed by atoms with van der Waals surface area (Å²) in [5.74, 6) is -1.52. The average Bonchev–Trinajstić information content (AvgIpc) is 3.18. The Bertz CT molecular complexity index is 933. The summed E-state index contributed by atoms with van der Waals surface area (Å²) < 4.78 is 28.5. The standard InChI is InChI=1S/C15H12F2N4OS2/c1-8(14(22)18-11-5-4-9(16)7-10(11)17)21-13(19-20-15(21)23)12-3-2-6-24-12/h2-8H,1H3,(H,18,22)(H,20,23). The molecule has 3 rings (SSSR count). The number of aromatic amines is 1. The Kier molecular flexibility index (Phi) is 4.54. The van der Waals surface area contributed by atoms with Gasteiger partial charge in [-0.25, -0.2) is 8.78 Å². The molecule has 0 saturated carbocycles. The van der Waals surface area contributed by atoms with Gasteiger partial charge >= 0.3 is 0 Å². The highest BCUT2D eigenvalue weighted by Crippen LogP contribution is 2.26. The Morgan fingerprint density at radius 2 is 2.21 bits per heavy atom. The number of benzene rings is 1. The molecule has 0 aliphatic heterocycles. The third-order valence-electron chi connectivity index (χ3n) is 3.40. The molecular formula is C15H12F2N4OS2. The minimum Gasteiger partial charge on any atom is -0.322 e. The second-order valence-electron chi connectivity index (χ2n) is 4.99. The van der Waals surface area contributed by atoms with Crippen LogP contribution >= 0.6 is 23.6 Å². The molecular weight excluding hydrogens is 354 g/mol. The van der Waals surface area contributed by atoms with Gasteiger partial charge in [0.25, 0.3) is 0 Å². The first kappa shape index (κ1) is 16.5. The fraction of sp³-hybridized carbons (Fsp3) is 0.133. The van der Waals surface area contributed by atoms with Crippen molar-refractivity contribution in [1.29, 1.82) is 0 Å². The summed E-state index contributed by atoms with van der Waals surface area (Å²) in [4.78, 5) is 13.3. The van der Waals surface area contributed by atoms with Crippen molar-refractivity contribution in [2.45, 2.75) is 13.0 Å². The summed E-state index contributed by atoms with van der Waals surface area (Å²) in [5.41, 5.74) is -0.0964. The number of thiophene rings is 1. The van der Waals surface area contributed by atoms with Gasteiger partial charge in [-0.2, -0.15) is 5.10 Å². The lowest BCUT2D eigenvalue weighted by atomic mass is 10.2. The van der Waals surface area contributed by atoms with Crippen LogP contribution in [0.25, 0.3) is 10.7 Å². The van der Waals surface area contributed by atoms with Crippen molar-refractivity contribution in [3.8, 4) is 10.7 Å². The highest BCUT2D eigenvalue weighted by atomic mass is 32.1. The van der Waals surface area contributed by atoms with E-state index in [2.05, 4.69) is 15.5 Å². The van der Waals surface area contributed by atoms with Gasteiger partial charge in [0.1, 0.15) is 17.7 Å². The van der Waals surface area contributed by atoms with E-state index in [0.29, 0.717) is 11.9 Å². The summed E-state index contributed by atoms with van der Waals surface area (Å²) in [6.45, 7) is 1.62. The molecule has 0 aliphatic carbocycles. The second kappa shape index (κ2) is 6.62. The van der Waals surface area contributed by atoms with E-state index in [0.717, 1.165) is 10.9 Å². The fourth-order valence-electron chi connectivity index (χ4n) is 2.19. The number of anilines is 1. The number of nitrogens with zero attached hydrogens (tertiary/aromatic N) is 2. The molecule has 0 aliphatic rings. The summed E-state index contributed by atoms with van der Waals surface area (Å²) in [6, 6.07) is 5.93. The number of carbonyl (C=O) groups is 1. The van der Waals surface area contributed by atoms with Gasteiger partial charge in [-0.15, -0.1) is 11.3 Å². The first-order valence-electron chi connectivity index (χ1n) is 6.94. The van der Waals surface area contributed by atoms with Crippen LogP contribution in [0.15, 0.2) is 35.7 Å². The van der Waals surface area contributed by atoms with Crippen molar-refractivity contribution in [3.05, 3.63) is 52.1 Å². The zero-order valence-electron chi connectivity index (χ0n) is 12.4. The van der Waals surface area contributed by atoms with Gasteiger partial charge in [0.2, 0.25) is 5.91 Å². The van der Waals surface area contributed by atoms with E-state index >= 15 is 0 Å². The van der Waals surface area contributed by atoms with Gasteiger partial charge in [0.05, 0.1) is 10.6 Å². The van der Waals surface area contributed by atoms with Crippen LogP contribution in [0.2, 0.25) is 0 Å². The van der Waals surface area contributed by atoms with Crippen molar-refractivity contribution in [1.82, 2.24) is 14.8 Å². The van der Waals surface area contributed by atoms with Crippen LogP contribution in [-0.2, 0) is 4.79 Å². The van der Waals surface area contributed by atoms with Gasteiger partial charge in [0, 0.05) is 6.07 Å². The minimum atomic E-state index is -0.843. The van der Waals surface area contributed by atoms with Crippen LogP contribution in [0.4, 0.5) is 14.5 Å². The zero-order chi connectivity index (χ0) is 17.3. The van der Waals surface area contributed by atoms with E-state index in [1.807, 2.05) is 17.5 Å². The SMILES string of the molecule is CC(C(=O)Nc1ccc(F)cc1F)n1c(-c2cccs2)n[nH]c1=S. The van der Waals surface area contributed by atoms with Crippen LogP contribution in [0.1, 0.15) is 13.0 Å². The number of amides is 1. The van der Waals surface area contributed by atoms with Gasteiger partial charge < -0.3 is 5.32 Å². The van der Waals surface area contributed by atoms with E-state index in [1.54, 1.807) is 11.5 Å². The maximum atomic E-state index is 13.7. The smallest absolute Gasteiger partial charge is 0.247 e. The predicted octanol–water partition coefficient (Wildman–Crippen LogP) is 4.15. The van der Waals surface area contributed by atoms with Crippen molar-refractivity contribution in [2.75, 3.05) is 5.32 Å². The molecule has 5 nitrogen and oxygen atoms in total. The Hall–Kier alpha value is -2.39. The van der Waals surface area contributed by atoms with E-state index in [-0.39, 0.29) is 10.5 Å². The van der Waals surface area contributed by atoms with Crippen LogP contribution in [0.3, 0.4) is 0 Å². The van der Waals surface area contributed by atoms with Crippen molar-refractivity contribution in [2.24, 2.45) is 0 Å². The number of carbonyl (C=O) groups excluding carboxylic acids is 1. The quantitative estimate of drug-likeness (QED) is 0.682. The third-order valence-corrected chi connectivity index (χ3v) is 4.56. The van der Waals surface area contributed by atoms with Gasteiger partial charge in [0.15, 0.2) is 10.6 Å². The highest BCUT2D eigenvalue weighted by molar-refractivity contribution is 7.71. The number of nitrogens with one attached hydrogen (secondary N) is 2. The van der Waals surface area contributed by atoms with Crippen molar-refractivity contribution in [3.63, 3.8) is 0 Å². The molecule has 1 atom stereocenters. The maximum absolute atomic E-state index is 13.7. The Morgan fingerprint density at radius 1 is 1.42 bits per heavy atom. The van der Waals surface area contributed by atoms with Crippen LogP contribution in [0, 0.1) is 16.4 Å². The maximum Gasteiger partial charge on any atom is 0.247 e. The van der Waals surface area contributed by atoms with Gasteiger partial charge in [-0.1, -0.05) is 6.07 Å². The van der Waals surface area contributed by atoms with Crippen LogP contribution in [0.5, 0.6) is 0 Å². The van der Waals surface area contributed by atoms with Crippen LogP contribution < -0.4 is 5.32 Å². The fourth-order valence-corrected chi connectivity index (χ4v) is 3.19. The summed E-state index contributed by atoms with van der Waals surface area (Å²) in [7, 11) is 0. The topological polar surface area (TPSA) is 62.7 Å². The number of H-pyrrole nitrogens is 1. The van der Waals surface area contributed by atoms with Crippen LogP contribution in [-0.4, -0.2) is 20.7 Å².